The van der Waals surface area contributed by atoms with Crippen LogP contribution in [0, 0.1) is 6.92 Å². The van der Waals surface area contributed by atoms with Gasteiger partial charge in [0.2, 0.25) is 5.91 Å². The Morgan fingerprint density at radius 1 is 0.967 bits per heavy atom. The van der Waals surface area contributed by atoms with Crippen LogP contribution in [0.15, 0.2) is 54.6 Å². The minimum atomic E-state index is -0.674. The van der Waals surface area contributed by atoms with Crippen LogP contribution in [0.1, 0.15) is 16.7 Å². The molecule has 0 saturated carbocycles. The lowest BCUT2D eigenvalue weighted by atomic mass is 10.1. The molecule has 0 aromatic heterocycles. The second kappa shape index (κ2) is 10.9. The van der Waals surface area contributed by atoms with Crippen LogP contribution in [0.2, 0.25) is 0 Å². The maximum atomic E-state index is 12.6. The molecular weight excluding hydrogens is 378 g/mol. The van der Waals surface area contributed by atoms with E-state index in [1.807, 2.05) is 30.3 Å². The monoisotopic (exact) mass is 409 g/mol. The molecule has 1 aliphatic heterocycles. The Kier molecular flexibility index (Phi) is 7.99. The molecule has 1 N–H and O–H groups in total. The number of methoxy groups -OCH3 is 1. The van der Waals surface area contributed by atoms with Crippen molar-refractivity contribution >= 4 is 11.9 Å². The van der Waals surface area contributed by atoms with E-state index in [0.29, 0.717) is 13.0 Å². The van der Waals surface area contributed by atoms with Crippen molar-refractivity contribution < 1.29 is 14.3 Å². The Morgan fingerprint density at radius 2 is 1.60 bits per heavy atom. The lowest BCUT2D eigenvalue weighted by Gasteiger charge is -2.34. The average molecular weight is 410 g/mol. The van der Waals surface area contributed by atoms with Crippen LogP contribution in [0.5, 0.6) is 0 Å². The van der Waals surface area contributed by atoms with Gasteiger partial charge in [0.15, 0.2) is 0 Å². The quantitative estimate of drug-likeness (QED) is 0.676. The van der Waals surface area contributed by atoms with Gasteiger partial charge in [-0.1, -0.05) is 54.6 Å². The van der Waals surface area contributed by atoms with E-state index >= 15 is 0 Å². The van der Waals surface area contributed by atoms with E-state index in [1.165, 1.54) is 18.2 Å². The van der Waals surface area contributed by atoms with Crippen LogP contribution in [0.4, 0.5) is 0 Å². The summed E-state index contributed by atoms with van der Waals surface area (Å²) in [6.07, 6.45) is 0.420. The normalized spacial score (nSPS) is 16.1. The number of benzene rings is 2. The maximum absolute atomic E-state index is 12.6. The molecule has 6 nitrogen and oxygen atoms in total. The molecule has 1 aliphatic rings. The topological polar surface area (TPSA) is 61.9 Å². The number of carbonyl (C=O) groups is 2. The summed E-state index contributed by atoms with van der Waals surface area (Å²) in [5, 5.41) is 2.85. The Bertz CT molecular complexity index is 833. The highest BCUT2D eigenvalue weighted by atomic mass is 16.5. The van der Waals surface area contributed by atoms with Crippen LogP contribution in [0.3, 0.4) is 0 Å². The zero-order valence-electron chi connectivity index (χ0n) is 17.8. The third-order valence-corrected chi connectivity index (χ3v) is 5.59. The molecule has 160 valence electrons. The van der Waals surface area contributed by atoms with Gasteiger partial charge in [-0.15, -0.1) is 0 Å². The second-order valence-corrected chi connectivity index (χ2v) is 7.81. The van der Waals surface area contributed by atoms with Crippen molar-refractivity contribution in [3.63, 3.8) is 0 Å². The van der Waals surface area contributed by atoms with Crippen molar-refractivity contribution in [2.45, 2.75) is 25.9 Å². The van der Waals surface area contributed by atoms with Gasteiger partial charge in [0, 0.05) is 39.1 Å². The first-order valence-corrected chi connectivity index (χ1v) is 10.5. The van der Waals surface area contributed by atoms with Crippen molar-refractivity contribution in [3.05, 3.63) is 71.3 Å². The highest BCUT2D eigenvalue weighted by Crippen LogP contribution is 2.12. The summed E-state index contributed by atoms with van der Waals surface area (Å²) in [5.41, 5.74) is 3.65. The number of hydrogen-bond acceptors (Lipinski definition) is 5. The van der Waals surface area contributed by atoms with Gasteiger partial charge in [0.05, 0.1) is 13.7 Å². The van der Waals surface area contributed by atoms with Gasteiger partial charge < -0.3 is 10.1 Å². The molecule has 1 amide bonds. The lowest BCUT2D eigenvalue weighted by Crippen LogP contribution is -2.51. The van der Waals surface area contributed by atoms with Crippen molar-refractivity contribution in [2.24, 2.45) is 0 Å². The highest BCUT2D eigenvalue weighted by Gasteiger charge is 2.24. The summed E-state index contributed by atoms with van der Waals surface area (Å²) in [4.78, 5) is 29.3. The molecule has 0 bridgehead atoms. The third-order valence-electron chi connectivity index (χ3n) is 5.59. The molecule has 1 heterocycles. The lowest BCUT2D eigenvalue weighted by molar-refractivity contribution is -0.145. The molecule has 30 heavy (non-hydrogen) atoms. The van der Waals surface area contributed by atoms with Crippen LogP contribution in [0.25, 0.3) is 0 Å². The Labute approximate surface area is 178 Å². The number of nitrogens with one attached hydrogen (secondary N) is 1. The summed E-state index contributed by atoms with van der Waals surface area (Å²) < 4.78 is 4.88. The molecule has 2 aromatic rings. The minimum Gasteiger partial charge on any atom is -0.467 e. The second-order valence-electron chi connectivity index (χ2n) is 7.81. The number of rotatable bonds is 8. The number of esters is 1. The molecule has 0 radical (unpaired) electrons. The fourth-order valence-electron chi connectivity index (χ4n) is 3.76. The van der Waals surface area contributed by atoms with Crippen molar-refractivity contribution in [2.75, 3.05) is 39.8 Å². The highest BCUT2D eigenvalue weighted by molar-refractivity contribution is 5.85. The first-order valence-electron chi connectivity index (χ1n) is 10.5. The van der Waals surface area contributed by atoms with Gasteiger partial charge in [0.1, 0.15) is 6.04 Å². The number of piperazine rings is 1. The first kappa shape index (κ1) is 22.0. The molecule has 6 heteroatoms. The van der Waals surface area contributed by atoms with Gasteiger partial charge in [-0.2, -0.15) is 0 Å². The summed E-state index contributed by atoms with van der Waals surface area (Å²) >= 11 is 0. The van der Waals surface area contributed by atoms with Gasteiger partial charge in [-0.05, 0) is 23.6 Å². The predicted octanol–water partition coefficient (Wildman–Crippen LogP) is 2.01. The van der Waals surface area contributed by atoms with E-state index in [9.17, 15) is 9.59 Å². The van der Waals surface area contributed by atoms with E-state index in [4.69, 9.17) is 4.74 Å². The molecule has 1 saturated heterocycles. The van der Waals surface area contributed by atoms with E-state index < -0.39 is 12.0 Å². The van der Waals surface area contributed by atoms with Crippen molar-refractivity contribution in [1.82, 2.24) is 15.1 Å². The molecule has 3 rings (SSSR count). The average Bonchev–Trinajstić information content (AvgIpc) is 2.76. The Balaban J connectivity index is 1.47. The maximum Gasteiger partial charge on any atom is 0.328 e. The Hall–Kier alpha value is -2.70. The van der Waals surface area contributed by atoms with Gasteiger partial charge in [-0.3, -0.25) is 14.6 Å². The molecule has 0 spiro atoms. The number of hydrogen-bond donors (Lipinski definition) is 1. The molecule has 0 aliphatic carbocycles. The summed E-state index contributed by atoms with van der Waals surface area (Å²) in [5.74, 6) is -0.566. The van der Waals surface area contributed by atoms with Gasteiger partial charge in [-0.25, -0.2) is 4.79 Å². The molecule has 1 atom stereocenters. The van der Waals surface area contributed by atoms with Crippen LogP contribution in [-0.2, 0) is 27.3 Å². The standard InChI is InChI=1S/C24H31N3O3/c1-19-8-6-7-11-21(19)17-26-12-14-27(15-13-26)18-23(28)25-22(24(29)30-2)16-20-9-4-3-5-10-20/h3-11,22H,12-18H2,1-2H3,(H,25,28)/t22-/m0/s1. The third kappa shape index (κ3) is 6.40. The minimum absolute atomic E-state index is 0.145. The SMILES string of the molecule is COC(=O)[C@H](Cc1ccccc1)NC(=O)CN1CCN(Cc2ccccc2C)CC1. The van der Waals surface area contributed by atoms with Crippen molar-refractivity contribution in [3.8, 4) is 0 Å². The molecule has 1 fully saturated rings. The summed E-state index contributed by atoms with van der Waals surface area (Å²) in [7, 11) is 1.35. The van der Waals surface area contributed by atoms with Gasteiger partial charge >= 0.3 is 5.97 Å². The molecule has 2 aromatic carbocycles. The Morgan fingerprint density at radius 3 is 2.27 bits per heavy atom. The van der Waals surface area contributed by atoms with Crippen LogP contribution in [-0.4, -0.2) is 67.6 Å². The largest absolute Gasteiger partial charge is 0.467 e. The van der Waals surface area contributed by atoms with E-state index in [1.54, 1.807) is 0 Å². The number of ether oxygens (including phenoxy) is 1. The number of nitrogens with zero attached hydrogens (tertiary/aromatic N) is 2. The number of carbonyl (C=O) groups excluding carboxylic acids is 2. The molecular formula is C24H31N3O3. The first-order chi connectivity index (χ1) is 14.5. The molecule has 0 unspecified atom stereocenters. The fourth-order valence-corrected chi connectivity index (χ4v) is 3.76. The van der Waals surface area contributed by atoms with E-state index in [-0.39, 0.29) is 5.91 Å². The summed E-state index contributed by atoms with van der Waals surface area (Å²) in [6.45, 7) is 6.89. The summed E-state index contributed by atoms with van der Waals surface area (Å²) in [6, 6.07) is 17.4. The van der Waals surface area contributed by atoms with E-state index in [0.717, 1.165) is 38.3 Å². The number of aryl methyl sites for hydroxylation is 1. The zero-order valence-corrected chi connectivity index (χ0v) is 17.8. The van der Waals surface area contributed by atoms with Crippen molar-refractivity contribution in [1.29, 1.82) is 0 Å². The number of amides is 1. The fraction of sp³-hybridized carbons (Fsp3) is 0.417. The smallest absolute Gasteiger partial charge is 0.328 e. The van der Waals surface area contributed by atoms with Gasteiger partial charge in [0.25, 0.3) is 0 Å². The predicted molar refractivity (Wildman–Crippen MR) is 117 cm³/mol. The zero-order chi connectivity index (χ0) is 21.3. The van der Waals surface area contributed by atoms with E-state index in [2.05, 4.69) is 46.3 Å². The van der Waals surface area contributed by atoms with Crippen LogP contribution < -0.4 is 5.32 Å². The van der Waals surface area contributed by atoms with Crippen LogP contribution >= 0.6 is 0 Å².